The molecule has 0 radical (unpaired) electrons. The molecular formula is C14H11NOS2. The second kappa shape index (κ2) is 5.05. The molecule has 0 aromatic carbocycles. The van der Waals surface area contributed by atoms with Crippen molar-refractivity contribution < 1.29 is 4.79 Å². The zero-order valence-electron chi connectivity index (χ0n) is 9.90. The molecule has 1 saturated carbocycles. The minimum Gasteiger partial charge on any atom is -0.298 e. The monoisotopic (exact) mass is 273 g/mol. The molecule has 1 atom stereocenters. The van der Waals surface area contributed by atoms with E-state index in [1.807, 2.05) is 19.1 Å². The van der Waals surface area contributed by atoms with Gasteiger partial charge < -0.3 is 0 Å². The molecule has 1 aliphatic carbocycles. The maximum absolute atomic E-state index is 12.3. The van der Waals surface area contributed by atoms with E-state index in [4.69, 9.17) is 24.4 Å². The Balaban J connectivity index is 2.68. The van der Waals surface area contributed by atoms with E-state index in [1.54, 1.807) is 12.4 Å². The number of thiocarbonyl (C=S) groups is 2. The van der Waals surface area contributed by atoms with Crippen molar-refractivity contribution in [2.75, 3.05) is 0 Å². The van der Waals surface area contributed by atoms with E-state index in [9.17, 15) is 4.79 Å². The van der Waals surface area contributed by atoms with Crippen molar-refractivity contribution in [2.24, 2.45) is 0 Å². The summed E-state index contributed by atoms with van der Waals surface area (Å²) >= 11 is 9.84. The van der Waals surface area contributed by atoms with Crippen molar-refractivity contribution in [3.63, 3.8) is 0 Å². The van der Waals surface area contributed by atoms with Crippen molar-refractivity contribution in [3.8, 4) is 0 Å². The molecule has 0 N–H and O–H groups in total. The van der Waals surface area contributed by atoms with Crippen LogP contribution in [0.4, 0.5) is 0 Å². The van der Waals surface area contributed by atoms with E-state index in [-0.39, 0.29) is 5.78 Å². The van der Waals surface area contributed by atoms with Crippen LogP contribution in [0.5, 0.6) is 0 Å². The third-order valence-electron chi connectivity index (χ3n) is 3.43. The fraction of sp³-hybridized carbons (Fsp3) is 0.286. The standard InChI is InChI=1S/C14H11NOS2/c1-14(11-3-2-6-15-7-11)12(9-18)10(8-17)4-5-13(14)16/h2-3,6-7H,4-5H2,1H3. The highest BCUT2D eigenvalue weighted by molar-refractivity contribution is 7.78. The lowest BCUT2D eigenvalue weighted by Gasteiger charge is -2.34. The first-order chi connectivity index (χ1) is 8.64. The van der Waals surface area contributed by atoms with Crippen molar-refractivity contribution in [1.82, 2.24) is 4.98 Å². The molecular weight excluding hydrogens is 262 g/mol. The van der Waals surface area contributed by atoms with Crippen LogP contribution in [0.3, 0.4) is 0 Å². The molecule has 1 unspecified atom stereocenters. The SMILES string of the molecule is CC1(c2cccnc2)C(=O)CCC(=C=S)C1=C=S. The van der Waals surface area contributed by atoms with Gasteiger partial charge in [0.15, 0.2) is 0 Å². The molecule has 4 heteroatoms. The molecule has 2 rings (SSSR count). The predicted octanol–water partition coefficient (Wildman–Crippen LogP) is 2.75. The molecule has 1 aromatic heterocycles. The smallest absolute Gasteiger partial charge is 0.148 e. The molecule has 0 bridgehead atoms. The maximum atomic E-state index is 12.3. The average Bonchev–Trinajstić information content (AvgIpc) is 2.42. The van der Waals surface area contributed by atoms with E-state index in [0.717, 1.165) is 11.1 Å². The van der Waals surface area contributed by atoms with E-state index >= 15 is 0 Å². The van der Waals surface area contributed by atoms with E-state index in [2.05, 4.69) is 15.0 Å². The zero-order valence-corrected chi connectivity index (χ0v) is 11.5. The van der Waals surface area contributed by atoms with Gasteiger partial charge in [0.2, 0.25) is 0 Å². The summed E-state index contributed by atoms with van der Waals surface area (Å²) in [7, 11) is 0. The largest absolute Gasteiger partial charge is 0.298 e. The van der Waals surface area contributed by atoms with Gasteiger partial charge in [-0.15, -0.1) is 0 Å². The molecule has 1 fully saturated rings. The Morgan fingerprint density at radius 3 is 2.67 bits per heavy atom. The molecule has 1 heterocycles. The summed E-state index contributed by atoms with van der Waals surface area (Å²) in [4.78, 5) is 16.4. The topological polar surface area (TPSA) is 30.0 Å². The van der Waals surface area contributed by atoms with Gasteiger partial charge in [-0.3, -0.25) is 9.78 Å². The second-order valence-electron chi connectivity index (χ2n) is 4.35. The zero-order chi connectivity index (χ0) is 13.2. The Kier molecular flexibility index (Phi) is 3.65. The van der Waals surface area contributed by atoms with Crippen LogP contribution in [0, 0.1) is 0 Å². The number of aromatic nitrogens is 1. The summed E-state index contributed by atoms with van der Waals surface area (Å²) in [5, 5.41) is 5.42. The molecule has 0 spiro atoms. The number of hydrogen-bond acceptors (Lipinski definition) is 4. The molecule has 1 aliphatic rings. The minimum absolute atomic E-state index is 0.122. The van der Waals surface area contributed by atoms with Gasteiger partial charge in [0.1, 0.15) is 5.78 Å². The maximum Gasteiger partial charge on any atom is 0.148 e. The van der Waals surface area contributed by atoms with Crippen LogP contribution in [0.2, 0.25) is 0 Å². The van der Waals surface area contributed by atoms with Gasteiger partial charge in [0.05, 0.1) is 5.41 Å². The van der Waals surface area contributed by atoms with Crippen LogP contribution in [-0.2, 0) is 10.2 Å². The van der Waals surface area contributed by atoms with Crippen LogP contribution in [-0.4, -0.2) is 20.8 Å². The highest BCUT2D eigenvalue weighted by Gasteiger charge is 2.43. The number of carbonyl (C=O) groups excluding carboxylic acids is 1. The number of pyridine rings is 1. The van der Waals surface area contributed by atoms with Gasteiger partial charge in [-0.25, -0.2) is 0 Å². The molecule has 1 aromatic rings. The van der Waals surface area contributed by atoms with Crippen molar-refractivity contribution in [1.29, 1.82) is 0 Å². The molecule has 0 aliphatic heterocycles. The Labute approximate surface area is 116 Å². The highest BCUT2D eigenvalue weighted by atomic mass is 32.1. The summed E-state index contributed by atoms with van der Waals surface area (Å²) in [6, 6.07) is 3.69. The summed E-state index contributed by atoms with van der Waals surface area (Å²) in [5.41, 5.74) is 1.50. The van der Waals surface area contributed by atoms with Gasteiger partial charge in [-0.2, -0.15) is 0 Å². The molecule has 0 amide bonds. The summed E-state index contributed by atoms with van der Waals surface area (Å²) in [6.07, 6.45) is 4.41. The lowest BCUT2D eigenvalue weighted by molar-refractivity contribution is -0.123. The third-order valence-corrected chi connectivity index (χ3v) is 3.88. The molecule has 90 valence electrons. The number of allylic oxidation sites excluding steroid dienone is 2. The first kappa shape index (κ1) is 13.0. The first-order valence-corrected chi connectivity index (χ1v) is 6.40. The van der Waals surface area contributed by atoms with Gasteiger partial charge in [0, 0.05) is 30.0 Å². The summed E-state index contributed by atoms with van der Waals surface area (Å²) in [6.45, 7) is 1.85. The fourth-order valence-corrected chi connectivity index (χ4v) is 2.82. The first-order valence-electron chi connectivity index (χ1n) is 5.58. The number of Topliss-reactive ketones (excluding diaryl/α,β-unsaturated/α-hetero) is 1. The van der Waals surface area contributed by atoms with Crippen LogP contribution in [0.1, 0.15) is 25.3 Å². The van der Waals surface area contributed by atoms with Gasteiger partial charge in [0.25, 0.3) is 0 Å². The lowest BCUT2D eigenvalue weighted by atomic mass is 9.66. The van der Waals surface area contributed by atoms with Gasteiger partial charge >= 0.3 is 0 Å². The number of carbonyl (C=O) groups is 1. The average molecular weight is 273 g/mol. The summed E-state index contributed by atoms with van der Waals surface area (Å²) < 4.78 is 0. The Hall–Kier alpha value is -1.44. The van der Waals surface area contributed by atoms with Crippen molar-refractivity contribution >= 4 is 40.3 Å². The Morgan fingerprint density at radius 1 is 1.33 bits per heavy atom. The highest BCUT2D eigenvalue weighted by Crippen LogP contribution is 2.41. The number of rotatable bonds is 1. The van der Waals surface area contributed by atoms with E-state index < -0.39 is 5.41 Å². The van der Waals surface area contributed by atoms with E-state index in [1.165, 1.54) is 0 Å². The normalized spacial score (nSPS) is 23.5. The number of ketones is 1. The lowest BCUT2D eigenvalue weighted by Crippen LogP contribution is -2.39. The Bertz CT molecular complexity index is 595. The third kappa shape index (κ3) is 1.90. The van der Waals surface area contributed by atoms with Gasteiger partial charge in [-0.05, 0) is 59.5 Å². The second-order valence-corrected chi connectivity index (χ2v) is 4.76. The summed E-state index contributed by atoms with van der Waals surface area (Å²) in [5.74, 6) is 0.122. The predicted molar refractivity (Wildman–Crippen MR) is 78.1 cm³/mol. The number of nitrogens with zero attached hydrogens (tertiary/aromatic N) is 1. The van der Waals surface area contributed by atoms with Crippen LogP contribution in [0.25, 0.3) is 0 Å². The van der Waals surface area contributed by atoms with Crippen LogP contribution >= 0.6 is 24.4 Å². The van der Waals surface area contributed by atoms with Crippen molar-refractivity contribution in [3.05, 3.63) is 41.2 Å². The molecule has 0 saturated heterocycles. The Morgan fingerprint density at radius 2 is 2.11 bits per heavy atom. The van der Waals surface area contributed by atoms with E-state index in [0.29, 0.717) is 18.4 Å². The fourth-order valence-electron chi connectivity index (χ4n) is 2.28. The van der Waals surface area contributed by atoms with Gasteiger partial charge in [-0.1, -0.05) is 6.07 Å². The quantitative estimate of drug-likeness (QED) is 0.736. The molecule has 18 heavy (non-hydrogen) atoms. The van der Waals surface area contributed by atoms with Crippen LogP contribution in [0.15, 0.2) is 35.7 Å². The minimum atomic E-state index is -0.796. The number of hydrogen-bond donors (Lipinski definition) is 0. The van der Waals surface area contributed by atoms with Crippen LogP contribution < -0.4 is 0 Å². The van der Waals surface area contributed by atoms with Crippen molar-refractivity contribution in [2.45, 2.75) is 25.2 Å². The molecule has 2 nitrogen and oxygen atoms in total.